The molecule has 1 aromatic rings. The number of amides is 1. The predicted molar refractivity (Wildman–Crippen MR) is 78.1 cm³/mol. The summed E-state index contributed by atoms with van der Waals surface area (Å²) >= 11 is 0. The van der Waals surface area contributed by atoms with Gasteiger partial charge in [0.15, 0.2) is 0 Å². The predicted octanol–water partition coefficient (Wildman–Crippen LogP) is 1.23. The van der Waals surface area contributed by atoms with Gasteiger partial charge < -0.3 is 20.5 Å². The van der Waals surface area contributed by atoms with Crippen LogP contribution in [-0.2, 0) is 14.3 Å². The second-order valence-electron chi connectivity index (χ2n) is 5.07. The number of carbonyl (C=O) groups excluding carboxylic acids is 2. The Balaban J connectivity index is 2.06. The molecule has 6 heteroatoms. The summed E-state index contributed by atoms with van der Waals surface area (Å²) in [7, 11) is 1.33. The number of ether oxygens (including phenoxy) is 2. The van der Waals surface area contributed by atoms with E-state index >= 15 is 0 Å². The van der Waals surface area contributed by atoms with Crippen molar-refractivity contribution in [1.29, 1.82) is 0 Å². The molecule has 0 spiro atoms. The van der Waals surface area contributed by atoms with Crippen molar-refractivity contribution in [2.24, 2.45) is 5.73 Å². The smallest absolute Gasteiger partial charge is 0.338 e. The van der Waals surface area contributed by atoms with Crippen LogP contribution in [0.25, 0.3) is 0 Å². The maximum atomic E-state index is 12.1. The third-order valence-corrected chi connectivity index (χ3v) is 3.57. The first-order valence-corrected chi connectivity index (χ1v) is 6.90. The van der Waals surface area contributed by atoms with E-state index in [4.69, 9.17) is 15.2 Å². The van der Waals surface area contributed by atoms with Crippen molar-refractivity contribution in [3.05, 3.63) is 29.3 Å². The van der Waals surface area contributed by atoms with Crippen molar-refractivity contribution in [3.63, 3.8) is 0 Å². The SMILES string of the molecule is COC(=O)c1cc(NC(=O)[C@@H]2CC[C@H](CN)O2)ccc1C. The second-order valence-corrected chi connectivity index (χ2v) is 5.07. The van der Waals surface area contributed by atoms with Crippen molar-refractivity contribution in [3.8, 4) is 0 Å². The Hall–Kier alpha value is -1.92. The highest BCUT2D eigenvalue weighted by molar-refractivity contribution is 5.97. The number of rotatable bonds is 4. The highest BCUT2D eigenvalue weighted by Gasteiger charge is 2.29. The third kappa shape index (κ3) is 3.59. The van der Waals surface area contributed by atoms with E-state index in [1.165, 1.54) is 7.11 Å². The van der Waals surface area contributed by atoms with E-state index in [9.17, 15) is 9.59 Å². The summed E-state index contributed by atoms with van der Waals surface area (Å²) in [6.45, 7) is 2.23. The highest BCUT2D eigenvalue weighted by atomic mass is 16.5. The molecule has 1 aliphatic heterocycles. The van der Waals surface area contributed by atoms with Crippen LogP contribution < -0.4 is 11.1 Å². The Morgan fingerprint density at radius 2 is 2.19 bits per heavy atom. The quantitative estimate of drug-likeness (QED) is 0.814. The van der Waals surface area contributed by atoms with Gasteiger partial charge in [-0.15, -0.1) is 0 Å². The first-order valence-electron chi connectivity index (χ1n) is 6.90. The largest absolute Gasteiger partial charge is 0.465 e. The number of methoxy groups -OCH3 is 1. The lowest BCUT2D eigenvalue weighted by atomic mass is 10.1. The van der Waals surface area contributed by atoms with Crippen LogP contribution in [0.2, 0.25) is 0 Å². The highest BCUT2D eigenvalue weighted by Crippen LogP contribution is 2.21. The minimum atomic E-state index is -0.485. The summed E-state index contributed by atoms with van der Waals surface area (Å²) in [4.78, 5) is 23.8. The van der Waals surface area contributed by atoms with Gasteiger partial charge in [-0.3, -0.25) is 4.79 Å². The molecule has 6 nitrogen and oxygen atoms in total. The lowest BCUT2D eigenvalue weighted by Gasteiger charge is -2.13. The zero-order chi connectivity index (χ0) is 15.4. The zero-order valence-electron chi connectivity index (χ0n) is 12.2. The molecule has 0 aromatic heterocycles. The minimum Gasteiger partial charge on any atom is -0.465 e. The van der Waals surface area contributed by atoms with Crippen molar-refractivity contribution in [1.82, 2.24) is 0 Å². The Labute approximate surface area is 123 Å². The molecular weight excluding hydrogens is 272 g/mol. The van der Waals surface area contributed by atoms with Gasteiger partial charge >= 0.3 is 5.97 Å². The standard InChI is InChI=1S/C15H20N2O4/c1-9-3-4-10(7-12(9)15(19)20-2)17-14(18)13-6-5-11(8-16)21-13/h3-4,7,11,13H,5-6,8,16H2,1-2H3,(H,17,18)/t11-,13+/m1/s1. The number of hydrogen-bond acceptors (Lipinski definition) is 5. The number of aryl methyl sites for hydroxylation is 1. The van der Waals surface area contributed by atoms with Crippen LogP contribution in [-0.4, -0.2) is 37.7 Å². The Kier molecular flexibility index (Phi) is 4.93. The van der Waals surface area contributed by atoms with E-state index in [1.807, 2.05) is 6.92 Å². The summed E-state index contributed by atoms with van der Waals surface area (Å²) in [6, 6.07) is 5.11. The van der Waals surface area contributed by atoms with Crippen LogP contribution in [0.15, 0.2) is 18.2 Å². The first kappa shape index (κ1) is 15.5. The van der Waals surface area contributed by atoms with E-state index in [2.05, 4.69) is 5.32 Å². The Morgan fingerprint density at radius 3 is 2.81 bits per heavy atom. The molecule has 21 heavy (non-hydrogen) atoms. The molecule has 0 aliphatic carbocycles. The number of benzene rings is 1. The van der Waals surface area contributed by atoms with Crippen LogP contribution in [0.4, 0.5) is 5.69 Å². The second kappa shape index (κ2) is 6.69. The van der Waals surface area contributed by atoms with E-state index in [0.717, 1.165) is 12.0 Å². The topological polar surface area (TPSA) is 90.7 Å². The molecule has 1 heterocycles. The van der Waals surface area contributed by atoms with Gasteiger partial charge in [-0.1, -0.05) is 6.07 Å². The number of anilines is 1. The molecular formula is C15H20N2O4. The average Bonchev–Trinajstić information content (AvgIpc) is 2.97. The van der Waals surface area contributed by atoms with E-state index < -0.39 is 12.1 Å². The number of carbonyl (C=O) groups is 2. The zero-order valence-corrected chi connectivity index (χ0v) is 12.2. The summed E-state index contributed by atoms with van der Waals surface area (Å²) < 4.78 is 10.3. The van der Waals surface area contributed by atoms with Crippen LogP contribution in [0, 0.1) is 6.92 Å². The molecule has 0 bridgehead atoms. The molecule has 1 amide bonds. The number of nitrogens with one attached hydrogen (secondary N) is 1. The van der Waals surface area contributed by atoms with Crippen molar-refractivity contribution >= 4 is 17.6 Å². The Morgan fingerprint density at radius 1 is 1.43 bits per heavy atom. The lowest BCUT2D eigenvalue weighted by molar-refractivity contribution is -0.126. The molecule has 1 fully saturated rings. The summed E-state index contributed by atoms with van der Waals surface area (Å²) in [5, 5.41) is 2.76. The van der Waals surface area contributed by atoms with E-state index in [-0.39, 0.29) is 12.0 Å². The van der Waals surface area contributed by atoms with Gasteiger partial charge in [-0.25, -0.2) is 4.79 Å². The molecule has 1 aromatic carbocycles. The van der Waals surface area contributed by atoms with Gasteiger partial charge in [-0.2, -0.15) is 0 Å². The monoisotopic (exact) mass is 292 g/mol. The fourth-order valence-corrected chi connectivity index (χ4v) is 2.32. The fraction of sp³-hybridized carbons (Fsp3) is 0.467. The minimum absolute atomic E-state index is 0.0515. The van der Waals surface area contributed by atoms with Crippen LogP contribution in [0.1, 0.15) is 28.8 Å². The molecule has 1 saturated heterocycles. The molecule has 1 aliphatic rings. The van der Waals surface area contributed by atoms with Crippen LogP contribution in [0.5, 0.6) is 0 Å². The molecule has 0 saturated carbocycles. The van der Waals surface area contributed by atoms with Crippen molar-refractivity contribution < 1.29 is 19.1 Å². The van der Waals surface area contributed by atoms with Crippen LogP contribution in [0.3, 0.4) is 0 Å². The number of esters is 1. The average molecular weight is 292 g/mol. The van der Waals surface area contributed by atoms with Crippen LogP contribution >= 0.6 is 0 Å². The molecule has 2 rings (SSSR count). The molecule has 114 valence electrons. The van der Waals surface area contributed by atoms with Gasteiger partial charge in [0.25, 0.3) is 5.91 Å². The number of nitrogens with two attached hydrogens (primary N) is 1. The number of hydrogen-bond donors (Lipinski definition) is 2. The molecule has 0 radical (unpaired) electrons. The maximum Gasteiger partial charge on any atom is 0.338 e. The maximum absolute atomic E-state index is 12.1. The summed E-state index contributed by atoms with van der Waals surface area (Å²) in [6.07, 6.45) is 0.907. The third-order valence-electron chi connectivity index (χ3n) is 3.57. The van der Waals surface area contributed by atoms with Gasteiger partial charge in [0, 0.05) is 12.2 Å². The van der Waals surface area contributed by atoms with Gasteiger partial charge in [-0.05, 0) is 37.5 Å². The molecule has 0 unspecified atom stereocenters. The van der Waals surface area contributed by atoms with Crippen molar-refractivity contribution in [2.45, 2.75) is 32.0 Å². The fourth-order valence-electron chi connectivity index (χ4n) is 2.32. The molecule has 2 atom stereocenters. The summed E-state index contributed by atoms with van der Waals surface area (Å²) in [5.74, 6) is -0.644. The Bertz CT molecular complexity index is 544. The van der Waals surface area contributed by atoms with Gasteiger partial charge in [0.2, 0.25) is 0 Å². The van der Waals surface area contributed by atoms with E-state index in [0.29, 0.717) is 24.2 Å². The van der Waals surface area contributed by atoms with Crippen molar-refractivity contribution in [2.75, 3.05) is 19.0 Å². The summed E-state index contributed by atoms with van der Waals surface area (Å²) in [5.41, 5.74) is 7.30. The van der Waals surface area contributed by atoms with Gasteiger partial charge in [0.1, 0.15) is 6.10 Å². The molecule has 3 N–H and O–H groups in total. The lowest BCUT2D eigenvalue weighted by Crippen LogP contribution is -2.29. The van der Waals surface area contributed by atoms with Gasteiger partial charge in [0.05, 0.1) is 18.8 Å². The first-order chi connectivity index (χ1) is 10.0. The normalized spacial score (nSPS) is 21.1. The van der Waals surface area contributed by atoms with E-state index in [1.54, 1.807) is 18.2 Å².